The van der Waals surface area contributed by atoms with Crippen LogP contribution in [0.1, 0.15) is 6.92 Å². The predicted octanol–water partition coefficient (Wildman–Crippen LogP) is 0.919. The van der Waals surface area contributed by atoms with Gasteiger partial charge in [-0.05, 0) is 13.6 Å². The maximum atomic E-state index is 3.79. The van der Waals surface area contributed by atoms with E-state index in [0.717, 1.165) is 0 Å². The van der Waals surface area contributed by atoms with E-state index in [1.165, 1.54) is 6.20 Å². The smallest absolute Gasteiger partial charge is 0.125 e. The van der Waals surface area contributed by atoms with Crippen LogP contribution in [0, 0.1) is 0 Å². The van der Waals surface area contributed by atoms with Gasteiger partial charge < -0.3 is 0 Å². The molecule has 0 spiro atoms. The Bertz CT molecular complexity index is 173. The fraction of sp³-hybridized carbons (Fsp3) is 0.333. The quantitative estimate of drug-likeness (QED) is 0.367. The maximum absolute atomic E-state index is 3.79. The second kappa shape index (κ2) is 4.94. The summed E-state index contributed by atoms with van der Waals surface area (Å²) in [4.78, 5) is 10.9. The molecule has 0 amide bonds. The largest absolute Gasteiger partial charge is 0.250 e. The predicted molar refractivity (Wildman–Crippen MR) is 40.6 cm³/mol. The van der Waals surface area contributed by atoms with E-state index < -0.39 is 0 Å². The van der Waals surface area contributed by atoms with E-state index in [2.05, 4.69) is 27.6 Å². The van der Waals surface area contributed by atoms with Gasteiger partial charge in [0.25, 0.3) is 0 Å². The van der Waals surface area contributed by atoms with Crippen molar-refractivity contribution in [2.24, 2.45) is 15.0 Å². The average molecular weight is 123 g/mol. The molecule has 0 radical (unpaired) electrons. The summed E-state index contributed by atoms with van der Waals surface area (Å²) in [5.41, 5.74) is 0. The van der Waals surface area contributed by atoms with Crippen LogP contribution in [0.3, 0.4) is 0 Å². The van der Waals surface area contributed by atoms with Crippen molar-refractivity contribution in [2.75, 3.05) is 7.05 Å². The Labute approximate surface area is 54.6 Å². The van der Waals surface area contributed by atoms with E-state index in [4.69, 9.17) is 0 Å². The lowest BCUT2D eigenvalue weighted by Gasteiger charge is -1.79. The highest BCUT2D eigenvalue weighted by atomic mass is 14.9. The van der Waals surface area contributed by atoms with Crippen molar-refractivity contribution in [3.63, 3.8) is 0 Å². The average Bonchev–Trinajstić information content (AvgIpc) is 1.89. The van der Waals surface area contributed by atoms with Crippen LogP contribution in [0.4, 0.5) is 0 Å². The van der Waals surface area contributed by atoms with Gasteiger partial charge in [0, 0.05) is 12.9 Å². The van der Waals surface area contributed by atoms with E-state index in [0.29, 0.717) is 5.84 Å². The molecule has 0 aromatic rings. The first-order valence-electron chi connectivity index (χ1n) is 2.48. The third kappa shape index (κ3) is 4.65. The van der Waals surface area contributed by atoms with Crippen molar-refractivity contribution in [3.05, 3.63) is 6.20 Å². The van der Waals surface area contributed by atoms with Crippen LogP contribution < -0.4 is 0 Å². The van der Waals surface area contributed by atoms with Crippen molar-refractivity contribution in [2.45, 2.75) is 6.92 Å². The van der Waals surface area contributed by atoms with E-state index in [9.17, 15) is 0 Å². The van der Waals surface area contributed by atoms with Crippen molar-refractivity contribution in [1.29, 1.82) is 0 Å². The zero-order valence-corrected chi connectivity index (χ0v) is 5.63. The minimum atomic E-state index is 0.617. The van der Waals surface area contributed by atoms with Gasteiger partial charge in [0.2, 0.25) is 0 Å². The highest BCUT2D eigenvalue weighted by Gasteiger charge is 1.73. The van der Waals surface area contributed by atoms with Crippen LogP contribution in [-0.4, -0.2) is 25.5 Å². The molecule has 0 heterocycles. The minimum Gasteiger partial charge on any atom is -0.250 e. The summed E-state index contributed by atoms with van der Waals surface area (Å²) in [5, 5.41) is 0. The molecule has 0 bridgehead atoms. The lowest BCUT2D eigenvalue weighted by molar-refractivity contribution is 1.45. The summed E-state index contributed by atoms with van der Waals surface area (Å²) >= 11 is 0. The first-order chi connectivity index (χ1) is 4.31. The number of aliphatic imine (C=N–C) groups is 3. The molecule has 0 saturated carbocycles. The van der Waals surface area contributed by atoms with Gasteiger partial charge in [-0.2, -0.15) is 0 Å². The number of rotatable bonds is 1. The van der Waals surface area contributed by atoms with Gasteiger partial charge in [-0.25, -0.2) is 15.0 Å². The highest BCUT2D eigenvalue weighted by Crippen LogP contribution is 1.75. The summed E-state index contributed by atoms with van der Waals surface area (Å²) in [5.74, 6) is 3.16. The molecule has 0 aromatic heterocycles. The summed E-state index contributed by atoms with van der Waals surface area (Å²) < 4.78 is 0. The molecule has 9 heavy (non-hydrogen) atoms. The summed E-state index contributed by atoms with van der Waals surface area (Å²) in [6.07, 6.45) is 1.45. The van der Waals surface area contributed by atoms with Crippen LogP contribution in [0.2, 0.25) is 0 Å². The van der Waals surface area contributed by atoms with Gasteiger partial charge in [-0.15, -0.1) is 0 Å². The molecule has 0 saturated heterocycles. The van der Waals surface area contributed by atoms with Crippen molar-refractivity contribution in [3.8, 4) is 0 Å². The van der Waals surface area contributed by atoms with E-state index in [1.807, 2.05) is 0 Å². The van der Waals surface area contributed by atoms with Gasteiger partial charge in [0.1, 0.15) is 5.84 Å². The second-order valence-electron chi connectivity index (χ2n) is 1.32. The van der Waals surface area contributed by atoms with Crippen LogP contribution in [0.5, 0.6) is 0 Å². The molecule has 0 unspecified atom stereocenters. The van der Waals surface area contributed by atoms with Crippen LogP contribution in [0.15, 0.2) is 21.2 Å². The Morgan fingerprint density at radius 2 is 2.33 bits per heavy atom. The first-order valence-corrected chi connectivity index (χ1v) is 2.48. The third-order valence-electron chi connectivity index (χ3n) is 0.667. The lowest BCUT2D eigenvalue weighted by atomic mass is 10.7. The SMILES string of the molecule is C=N/C(C)=N\C=C=NC. The number of amidine groups is 1. The summed E-state index contributed by atoms with van der Waals surface area (Å²) in [6, 6.07) is 0. The molecule has 0 aliphatic rings. The van der Waals surface area contributed by atoms with Crippen LogP contribution in [0.25, 0.3) is 0 Å². The first kappa shape index (κ1) is 7.79. The number of nitrogens with zero attached hydrogens (tertiary/aromatic N) is 3. The summed E-state index contributed by atoms with van der Waals surface area (Å²) in [7, 11) is 1.63. The van der Waals surface area contributed by atoms with Crippen LogP contribution in [-0.2, 0) is 0 Å². The second-order valence-corrected chi connectivity index (χ2v) is 1.32. The van der Waals surface area contributed by atoms with Gasteiger partial charge >= 0.3 is 0 Å². The molecule has 0 aliphatic heterocycles. The summed E-state index contributed by atoms with van der Waals surface area (Å²) in [6.45, 7) is 5.03. The van der Waals surface area contributed by atoms with Gasteiger partial charge in [-0.3, -0.25) is 0 Å². The molecular weight excluding hydrogens is 114 g/mol. The van der Waals surface area contributed by atoms with Crippen LogP contribution >= 0.6 is 0 Å². The van der Waals surface area contributed by atoms with E-state index in [-0.39, 0.29) is 0 Å². The Morgan fingerprint density at radius 3 is 2.78 bits per heavy atom. The Balaban J connectivity index is 3.98. The Morgan fingerprint density at radius 1 is 1.67 bits per heavy atom. The highest BCUT2D eigenvalue weighted by molar-refractivity contribution is 5.84. The standard InChI is InChI=1S/C6H9N3/c1-6(8-3)9-5-4-7-2/h5H,3H2,1-2H3/b9-6-. The maximum Gasteiger partial charge on any atom is 0.125 e. The fourth-order valence-corrected chi connectivity index (χ4v) is 0.221. The molecular formula is C6H9N3. The van der Waals surface area contributed by atoms with E-state index >= 15 is 0 Å². The van der Waals surface area contributed by atoms with E-state index in [1.54, 1.807) is 14.0 Å². The zero-order valence-electron chi connectivity index (χ0n) is 5.63. The van der Waals surface area contributed by atoms with Crippen molar-refractivity contribution >= 4 is 18.4 Å². The van der Waals surface area contributed by atoms with Gasteiger partial charge in [0.05, 0.1) is 6.20 Å². The molecule has 0 N–H and O–H groups in total. The molecule has 0 rings (SSSR count). The molecule has 3 heteroatoms. The van der Waals surface area contributed by atoms with Crippen molar-refractivity contribution in [1.82, 2.24) is 0 Å². The lowest BCUT2D eigenvalue weighted by Crippen LogP contribution is -1.79. The molecule has 0 aliphatic carbocycles. The number of hydrogen-bond acceptors (Lipinski definition) is 2. The Kier molecular flexibility index (Phi) is 4.27. The zero-order chi connectivity index (χ0) is 7.11. The minimum absolute atomic E-state index is 0.617. The molecule has 0 atom stereocenters. The van der Waals surface area contributed by atoms with Gasteiger partial charge in [-0.1, -0.05) is 0 Å². The van der Waals surface area contributed by atoms with Gasteiger partial charge in [0.15, 0.2) is 0 Å². The monoisotopic (exact) mass is 123 g/mol. The topological polar surface area (TPSA) is 37.1 Å². The Hall–Kier alpha value is -1.21. The third-order valence-corrected chi connectivity index (χ3v) is 0.667. The molecule has 48 valence electrons. The molecule has 0 fully saturated rings. The number of hydrogen-bond donors (Lipinski definition) is 0. The molecule has 0 aromatic carbocycles. The normalized spacial score (nSPS) is 9.78. The fourth-order valence-electron chi connectivity index (χ4n) is 0.221. The van der Waals surface area contributed by atoms with Crippen molar-refractivity contribution < 1.29 is 0 Å². The molecule has 3 nitrogen and oxygen atoms in total.